The maximum atomic E-state index is 12.2. The number of para-hydroxylation sites is 1. The summed E-state index contributed by atoms with van der Waals surface area (Å²) in [7, 11) is 0. The molecule has 2 heterocycles. The Hall–Kier alpha value is -3.16. The molecule has 0 bridgehead atoms. The number of carbonyl (C=O) groups excluding carboxylic acids is 1. The van der Waals surface area contributed by atoms with Crippen molar-refractivity contribution in [1.82, 2.24) is 25.1 Å². The van der Waals surface area contributed by atoms with E-state index in [2.05, 4.69) is 15.7 Å². The number of amides is 1. The van der Waals surface area contributed by atoms with Gasteiger partial charge in [0.2, 0.25) is 5.91 Å². The molecule has 8 nitrogen and oxygen atoms in total. The lowest BCUT2D eigenvalue weighted by molar-refractivity contribution is -0.121. The first kappa shape index (κ1) is 16.7. The van der Waals surface area contributed by atoms with Crippen LogP contribution in [0.5, 0.6) is 0 Å². The molecule has 0 aliphatic carbocycles. The number of nitrogens with one attached hydrogen (secondary N) is 1. The zero-order chi connectivity index (χ0) is 17.6. The highest BCUT2D eigenvalue weighted by molar-refractivity contribution is 5.76. The largest absolute Gasteiger partial charge is 0.466 e. The number of furan rings is 1. The third kappa shape index (κ3) is 4.23. The predicted octanol–water partition coefficient (Wildman–Crippen LogP) is 1.08. The van der Waals surface area contributed by atoms with E-state index in [1.54, 1.807) is 12.1 Å². The van der Waals surface area contributed by atoms with Crippen LogP contribution >= 0.6 is 0 Å². The van der Waals surface area contributed by atoms with Crippen LogP contribution in [0.1, 0.15) is 17.9 Å². The molecule has 2 aromatic heterocycles. The molecular weight excluding hydrogens is 322 g/mol. The van der Waals surface area contributed by atoms with Gasteiger partial charge in [0.05, 0.1) is 12.2 Å². The fraction of sp³-hybridized carbons (Fsp3) is 0.294. The van der Waals surface area contributed by atoms with Gasteiger partial charge in [-0.2, -0.15) is 9.36 Å². The van der Waals surface area contributed by atoms with Gasteiger partial charge in [0.25, 0.3) is 0 Å². The van der Waals surface area contributed by atoms with Gasteiger partial charge in [-0.15, -0.1) is 0 Å². The van der Waals surface area contributed by atoms with Crippen molar-refractivity contribution in [3.63, 3.8) is 0 Å². The first-order valence-electron chi connectivity index (χ1n) is 8.04. The number of hydrogen-bond donors (Lipinski definition) is 1. The van der Waals surface area contributed by atoms with Crippen LogP contribution < -0.4 is 11.0 Å². The van der Waals surface area contributed by atoms with Crippen molar-refractivity contribution in [1.29, 1.82) is 0 Å². The van der Waals surface area contributed by atoms with Gasteiger partial charge in [-0.1, -0.05) is 18.2 Å². The molecule has 130 valence electrons. The molecule has 0 spiro atoms. The summed E-state index contributed by atoms with van der Waals surface area (Å²) in [5, 5.41) is 10.5. The second-order valence-corrected chi connectivity index (χ2v) is 5.59. The summed E-state index contributed by atoms with van der Waals surface area (Å²) < 4.78 is 7.87. The van der Waals surface area contributed by atoms with Crippen LogP contribution in [0.25, 0.3) is 5.69 Å². The molecule has 1 amide bonds. The summed E-state index contributed by atoms with van der Waals surface area (Å²) in [6.45, 7) is 2.44. The average molecular weight is 341 g/mol. The highest BCUT2D eigenvalue weighted by Gasteiger charge is 2.09. The van der Waals surface area contributed by atoms with Crippen molar-refractivity contribution in [3.05, 3.63) is 64.5 Å². The minimum atomic E-state index is -0.341. The van der Waals surface area contributed by atoms with Crippen molar-refractivity contribution < 1.29 is 9.21 Å². The number of hydrogen-bond acceptors (Lipinski definition) is 5. The first-order valence-corrected chi connectivity index (χ1v) is 8.04. The molecule has 0 aliphatic heterocycles. The van der Waals surface area contributed by atoms with Gasteiger partial charge in [-0.05, 0) is 41.6 Å². The van der Waals surface area contributed by atoms with Gasteiger partial charge in [-0.25, -0.2) is 4.79 Å². The number of aromatic nitrogens is 4. The van der Waals surface area contributed by atoms with Crippen LogP contribution in [0.15, 0.2) is 51.7 Å². The summed E-state index contributed by atoms with van der Waals surface area (Å²) in [6.07, 6.45) is 0.877. The van der Waals surface area contributed by atoms with E-state index in [-0.39, 0.29) is 18.1 Å². The SMILES string of the molecule is Cc1ccc(CCC(=O)NCCn2nnn(-c3ccccc3)c2=O)o1. The molecule has 3 aromatic rings. The number of carbonyl (C=O) groups is 1. The van der Waals surface area contributed by atoms with E-state index >= 15 is 0 Å². The zero-order valence-electron chi connectivity index (χ0n) is 13.9. The topological polar surface area (TPSA) is 95.0 Å². The first-order chi connectivity index (χ1) is 12.1. The quantitative estimate of drug-likeness (QED) is 0.694. The van der Waals surface area contributed by atoms with Crippen LogP contribution in [-0.2, 0) is 17.8 Å². The van der Waals surface area contributed by atoms with Crippen molar-refractivity contribution in [3.8, 4) is 5.69 Å². The van der Waals surface area contributed by atoms with Crippen LogP contribution in [-0.4, -0.2) is 32.2 Å². The van der Waals surface area contributed by atoms with Gasteiger partial charge in [-0.3, -0.25) is 4.79 Å². The van der Waals surface area contributed by atoms with Gasteiger partial charge >= 0.3 is 5.69 Å². The number of benzene rings is 1. The van der Waals surface area contributed by atoms with Crippen molar-refractivity contribution in [2.24, 2.45) is 0 Å². The molecular formula is C17H19N5O3. The molecule has 0 unspecified atom stereocenters. The number of nitrogens with zero attached hydrogens (tertiary/aromatic N) is 4. The number of tetrazole rings is 1. The summed E-state index contributed by atoms with van der Waals surface area (Å²) in [5.41, 5.74) is 0.308. The van der Waals surface area contributed by atoms with Crippen molar-refractivity contribution in [2.75, 3.05) is 6.54 Å². The van der Waals surface area contributed by atoms with E-state index in [9.17, 15) is 9.59 Å². The van der Waals surface area contributed by atoms with Crippen molar-refractivity contribution in [2.45, 2.75) is 26.3 Å². The van der Waals surface area contributed by atoms with E-state index in [0.29, 0.717) is 25.1 Å². The lowest BCUT2D eigenvalue weighted by Gasteiger charge is -2.03. The standard InChI is InChI=1S/C17H19N5O3/c1-13-7-8-15(25-13)9-10-16(23)18-11-12-21-17(24)22(20-19-21)14-5-3-2-4-6-14/h2-8H,9-12H2,1H3,(H,18,23). The van der Waals surface area contributed by atoms with E-state index in [1.807, 2.05) is 37.3 Å². The second kappa shape index (κ2) is 7.61. The average Bonchev–Trinajstić information content (AvgIpc) is 3.20. The smallest absolute Gasteiger partial charge is 0.368 e. The Bertz CT molecular complexity index is 894. The Labute approximate surface area is 144 Å². The van der Waals surface area contributed by atoms with Crippen LogP contribution in [0.4, 0.5) is 0 Å². The zero-order valence-corrected chi connectivity index (χ0v) is 13.9. The van der Waals surface area contributed by atoms with Crippen LogP contribution in [0.2, 0.25) is 0 Å². The molecule has 3 rings (SSSR count). The molecule has 0 atom stereocenters. The van der Waals surface area contributed by atoms with Gasteiger partial charge in [0.15, 0.2) is 0 Å². The van der Waals surface area contributed by atoms with Crippen LogP contribution in [0, 0.1) is 6.92 Å². The fourth-order valence-corrected chi connectivity index (χ4v) is 2.39. The molecule has 0 saturated heterocycles. The fourth-order valence-electron chi connectivity index (χ4n) is 2.39. The summed E-state index contributed by atoms with van der Waals surface area (Å²) in [5.74, 6) is 1.52. The van der Waals surface area contributed by atoms with Crippen molar-refractivity contribution >= 4 is 5.91 Å². The van der Waals surface area contributed by atoms with Crippen LogP contribution in [0.3, 0.4) is 0 Å². The van der Waals surface area contributed by atoms with E-state index in [0.717, 1.165) is 11.5 Å². The van der Waals surface area contributed by atoms with E-state index < -0.39 is 0 Å². The summed E-state index contributed by atoms with van der Waals surface area (Å²) in [6, 6.07) is 12.8. The highest BCUT2D eigenvalue weighted by atomic mass is 16.3. The third-order valence-electron chi connectivity index (χ3n) is 3.68. The predicted molar refractivity (Wildman–Crippen MR) is 90.4 cm³/mol. The molecule has 1 N–H and O–H groups in total. The van der Waals surface area contributed by atoms with E-state index in [4.69, 9.17) is 4.42 Å². The monoisotopic (exact) mass is 341 g/mol. The second-order valence-electron chi connectivity index (χ2n) is 5.59. The Morgan fingerprint density at radius 3 is 2.68 bits per heavy atom. The lowest BCUT2D eigenvalue weighted by atomic mass is 10.2. The minimum Gasteiger partial charge on any atom is -0.466 e. The summed E-state index contributed by atoms with van der Waals surface area (Å²) in [4.78, 5) is 24.1. The normalized spacial score (nSPS) is 10.8. The lowest BCUT2D eigenvalue weighted by Crippen LogP contribution is -2.32. The third-order valence-corrected chi connectivity index (χ3v) is 3.68. The molecule has 25 heavy (non-hydrogen) atoms. The number of rotatable bonds is 7. The Morgan fingerprint density at radius 1 is 1.16 bits per heavy atom. The van der Waals surface area contributed by atoms with E-state index in [1.165, 1.54) is 9.36 Å². The molecule has 1 aromatic carbocycles. The molecule has 8 heteroatoms. The summed E-state index contributed by atoms with van der Waals surface area (Å²) >= 11 is 0. The Morgan fingerprint density at radius 2 is 1.96 bits per heavy atom. The van der Waals surface area contributed by atoms with Gasteiger partial charge in [0, 0.05) is 19.4 Å². The maximum Gasteiger partial charge on any atom is 0.368 e. The number of aryl methyl sites for hydroxylation is 2. The minimum absolute atomic E-state index is 0.0995. The van der Waals surface area contributed by atoms with Gasteiger partial charge < -0.3 is 9.73 Å². The van der Waals surface area contributed by atoms with Gasteiger partial charge in [0.1, 0.15) is 11.5 Å². The molecule has 0 aliphatic rings. The Balaban J connectivity index is 1.48. The Kier molecular flexibility index (Phi) is 5.08. The molecule has 0 saturated carbocycles. The maximum absolute atomic E-state index is 12.2. The molecule has 0 radical (unpaired) electrons. The highest BCUT2D eigenvalue weighted by Crippen LogP contribution is 2.08. The molecule has 0 fully saturated rings.